The predicted octanol–water partition coefficient (Wildman–Crippen LogP) is 3.34. The quantitative estimate of drug-likeness (QED) is 0.564. The molecule has 4 aliphatic carbocycles. The van der Waals surface area contributed by atoms with Gasteiger partial charge in [-0.3, -0.25) is 4.79 Å². The van der Waals surface area contributed by atoms with Crippen molar-refractivity contribution in [2.24, 2.45) is 28.6 Å². The number of hydrogen-bond donors (Lipinski definition) is 2. The van der Waals surface area contributed by atoms with Crippen LogP contribution in [0.3, 0.4) is 0 Å². The minimum atomic E-state index is -0.402. The number of allylic oxidation sites excluding steroid dienone is 3. The molecule has 0 spiro atoms. The lowest BCUT2D eigenvalue weighted by atomic mass is 9.49. The molecule has 2 fully saturated rings. The largest absolute Gasteiger partial charge is 0.431 e. The standard InChI is InChI=1S/C21H30O4/c1-12(22)25-17-11-13-10-14(23)6-8-20(13,2)16-7-9-21(3)15(19(16)17)4-5-18(21)24/h6,8,13-16,18,23-24H,4-5,7,9-11H2,1-3H3/t13-,14-,15-,16-,18-,20-,21-/m0/s1. The van der Waals surface area contributed by atoms with E-state index in [9.17, 15) is 15.0 Å². The number of ether oxygens (including phenoxy) is 1. The minimum Gasteiger partial charge on any atom is -0.431 e. The maximum Gasteiger partial charge on any atom is 0.307 e. The van der Waals surface area contributed by atoms with Crippen LogP contribution >= 0.6 is 0 Å². The first-order chi connectivity index (χ1) is 11.8. The van der Waals surface area contributed by atoms with E-state index in [1.807, 2.05) is 6.08 Å². The zero-order valence-corrected chi connectivity index (χ0v) is 15.5. The van der Waals surface area contributed by atoms with E-state index in [2.05, 4.69) is 19.9 Å². The van der Waals surface area contributed by atoms with Crippen molar-refractivity contribution in [1.29, 1.82) is 0 Å². The highest BCUT2D eigenvalue weighted by molar-refractivity contribution is 5.67. The Balaban J connectivity index is 1.82. The summed E-state index contributed by atoms with van der Waals surface area (Å²) in [4.78, 5) is 11.8. The molecule has 4 aliphatic rings. The summed E-state index contributed by atoms with van der Waals surface area (Å²) in [6.45, 7) is 5.99. The van der Waals surface area contributed by atoms with Crippen LogP contribution in [-0.2, 0) is 9.53 Å². The summed E-state index contributed by atoms with van der Waals surface area (Å²) in [7, 11) is 0. The highest BCUT2D eigenvalue weighted by atomic mass is 16.5. The van der Waals surface area contributed by atoms with E-state index in [1.54, 1.807) is 0 Å². The van der Waals surface area contributed by atoms with Gasteiger partial charge in [-0.05, 0) is 60.8 Å². The SMILES string of the molecule is CC(=O)OC1=C2[C@H](CC[C@]3(C)[C@@H](O)CC[C@@H]23)[C@@]2(C)C=C[C@H](O)C[C@H]2C1. The van der Waals surface area contributed by atoms with Crippen molar-refractivity contribution >= 4 is 5.97 Å². The summed E-state index contributed by atoms with van der Waals surface area (Å²) in [6.07, 6.45) is 8.77. The molecular formula is C21H30O4. The number of aliphatic hydroxyl groups is 2. The average Bonchev–Trinajstić information content (AvgIpc) is 2.84. The molecule has 0 bridgehead atoms. The third kappa shape index (κ3) is 2.44. The van der Waals surface area contributed by atoms with Crippen LogP contribution in [0.2, 0.25) is 0 Å². The Morgan fingerprint density at radius 2 is 1.96 bits per heavy atom. The molecule has 4 rings (SSSR count). The third-order valence-corrected chi connectivity index (χ3v) is 7.86. The Bertz CT molecular complexity index is 650. The molecule has 0 heterocycles. The molecule has 0 aliphatic heterocycles. The van der Waals surface area contributed by atoms with Gasteiger partial charge in [-0.25, -0.2) is 0 Å². The van der Waals surface area contributed by atoms with Gasteiger partial charge in [-0.1, -0.05) is 26.0 Å². The van der Waals surface area contributed by atoms with Crippen LogP contribution in [0.4, 0.5) is 0 Å². The Hall–Kier alpha value is -1.13. The lowest BCUT2D eigenvalue weighted by molar-refractivity contribution is -0.138. The fourth-order valence-electron chi connectivity index (χ4n) is 6.35. The Kier molecular flexibility index (Phi) is 3.93. The fraction of sp³-hybridized carbons (Fsp3) is 0.762. The van der Waals surface area contributed by atoms with E-state index in [-0.39, 0.29) is 22.9 Å². The molecule has 138 valence electrons. The Labute approximate surface area is 149 Å². The molecule has 0 aromatic rings. The smallest absolute Gasteiger partial charge is 0.307 e. The van der Waals surface area contributed by atoms with E-state index < -0.39 is 6.10 Å². The summed E-state index contributed by atoms with van der Waals surface area (Å²) >= 11 is 0. The molecule has 7 atom stereocenters. The predicted molar refractivity (Wildman–Crippen MR) is 94.3 cm³/mol. The molecule has 2 N–H and O–H groups in total. The van der Waals surface area contributed by atoms with Crippen molar-refractivity contribution in [3.63, 3.8) is 0 Å². The second-order valence-electron chi connectivity index (χ2n) is 9.14. The van der Waals surface area contributed by atoms with Gasteiger partial charge in [0.1, 0.15) is 5.76 Å². The van der Waals surface area contributed by atoms with Crippen molar-refractivity contribution < 1.29 is 19.7 Å². The molecule has 4 nitrogen and oxygen atoms in total. The fourth-order valence-corrected chi connectivity index (χ4v) is 6.35. The number of carbonyl (C=O) groups excluding carboxylic acids is 1. The van der Waals surface area contributed by atoms with Crippen molar-refractivity contribution in [3.8, 4) is 0 Å². The van der Waals surface area contributed by atoms with E-state index in [1.165, 1.54) is 12.5 Å². The van der Waals surface area contributed by atoms with Gasteiger partial charge in [0, 0.05) is 18.8 Å². The maximum absolute atomic E-state index is 11.8. The summed E-state index contributed by atoms with van der Waals surface area (Å²) < 4.78 is 5.73. The van der Waals surface area contributed by atoms with Crippen LogP contribution in [0, 0.1) is 28.6 Å². The van der Waals surface area contributed by atoms with E-state index in [0.717, 1.165) is 37.9 Å². The average molecular weight is 346 g/mol. The van der Waals surface area contributed by atoms with Gasteiger partial charge >= 0.3 is 5.97 Å². The lowest BCUT2D eigenvalue weighted by Crippen LogP contribution is -2.50. The monoisotopic (exact) mass is 346 g/mol. The van der Waals surface area contributed by atoms with Crippen LogP contribution in [0.15, 0.2) is 23.5 Å². The molecule has 0 unspecified atom stereocenters. The van der Waals surface area contributed by atoms with Gasteiger partial charge in [0.05, 0.1) is 12.2 Å². The van der Waals surface area contributed by atoms with Crippen molar-refractivity contribution in [2.45, 2.75) is 71.5 Å². The summed E-state index contributed by atoms with van der Waals surface area (Å²) in [6, 6.07) is 0. The van der Waals surface area contributed by atoms with Crippen LogP contribution in [0.5, 0.6) is 0 Å². The van der Waals surface area contributed by atoms with E-state index >= 15 is 0 Å². The normalized spacial score (nSPS) is 48.6. The molecular weight excluding hydrogens is 316 g/mol. The maximum atomic E-state index is 11.8. The van der Waals surface area contributed by atoms with Crippen molar-refractivity contribution in [2.75, 3.05) is 0 Å². The highest BCUT2D eigenvalue weighted by Gasteiger charge is 2.58. The number of fused-ring (bicyclic) bond motifs is 5. The number of hydrogen-bond acceptors (Lipinski definition) is 4. The minimum absolute atomic E-state index is 0.00703. The molecule has 0 amide bonds. The molecule has 4 heteroatoms. The number of rotatable bonds is 1. The topological polar surface area (TPSA) is 66.8 Å². The van der Waals surface area contributed by atoms with E-state index in [0.29, 0.717) is 24.2 Å². The highest BCUT2D eigenvalue weighted by Crippen LogP contribution is 2.64. The first-order valence-corrected chi connectivity index (χ1v) is 9.72. The number of carbonyl (C=O) groups is 1. The first-order valence-electron chi connectivity index (χ1n) is 9.72. The van der Waals surface area contributed by atoms with Gasteiger partial charge < -0.3 is 14.9 Å². The molecule has 0 radical (unpaired) electrons. The summed E-state index contributed by atoms with van der Waals surface area (Å²) in [5, 5.41) is 20.7. The summed E-state index contributed by atoms with van der Waals surface area (Å²) in [5.41, 5.74) is 1.20. The molecule has 0 aromatic carbocycles. The van der Waals surface area contributed by atoms with E-state index in [4.69, 9.17) is 4.74 Å². The van der Waals surface area contributed by atoms with Gasteiger partial charge in [0.2, 0.25) is 0 Å². The second kappa shape index (κ2) is 5.68. The molecule has 0 aromatic heterocycles. The number of aliphatic hydroxyl groups excluding tert-OH is 2. The van der Waals surface area contributed by atoms with Crippen molar-refractivity contribution in [3.05, 3.63) is 23.5 Å². The zero-order valence-electron chi connectivity index (χ0n) is 15.5. The first kappa shape index (κ1) is 17.3. The molecule has 25 heavy (non-hydrogen) atoms. The van der Waals surface area contributed by atoms with Crippen molar-refractivity contribution in [1.82, 2.24) is 0 Å². The Morgan fingerprint density at radius 3 is 2.68 bits per heavy atom. The van der Waals surface area contributed by atoms with Gasteiger partial charge in [0.25, 0.3) is 0 Å². The third-order valence-electron chi connectivity index (χ3n) is 7.86. The van der Waals surface area contributed by atoms with Gasteiger partial charge in [-0.2, -0.15) is 0 Å². The zero-order chi connectivity index (χ0) is 18.0. The summed E-state index contributed by atoms with van der Waals surface area (Å²) in [5.74, 6) is 1.52. The van der Waals surface area contributed by atoms with Crippen LogP contribution in [-0.4, -0.2) is 28.4 Å². The molecule has 0 saturated heterocycles. The second-order valence-corrected chi connectivity index (χ2v) is 9.14. The van der Waals surface area contributed by atoms with Gasteiger partial charge in [0.15, 0.2) is 0 Å². The van der Waals surface area contributed by atoms with Gasteiger partial charge in [-0.15, -0.1) is 0 Å². The number of esters is 1. The van der Waals surface area contributed by atoms with Crippen LogP contribution < -0.4 is 0 Å². The van der Waals surface area contributed by atoms with Crippen LogP contribution in [0.25, 0.3) is 0 Å². The van der Waals surface area contributed by atoms with Crippen LogP contribution in [0.1, 0.15) is 59.3 Å². The molecule has 2 saturated carbocycles. The Morgan fingerprint density at radius 1 is 1.20 bits per heavy atom. The lowest BCUT2D eigenvalue weighted by Gasteiger charge is -2.56.